The van der Waals surface area contributed by atoms with Gasteiger partial charge in [0, 0.05) is 12.2 Å². The van der Waals surface area contributed by atoms with Gasteiger partial charge in [0.2, 0.25) is 10.0 Å². The molecule has 0 bridgehead atoms. The van der Waals surface area contributed by atoms with Crippen LogP contribution in [0.4, 0.5) is 10.1 Å². The van der Waals surface area contributed by atoms with Gasteiger partial charge >= 0.3 is 0 Å². The minimum absolute atomic E-state index is 0.168. The molecule has 0 amide bonds. The number of halogens is 1. The molecule has 0 aromatic heterocycles. The number of nitrogens with two attached hydrogens (primary N) is 1. The predicted octanol–water partition coefficient (Wildman–Crippen LogP) is 1.30. The zero-order valence-corrected chi connectivity index (χ0v) is 9.63. The largest absolute Gasteiger partial charge is 0.399 e. The van der Waals surface area contributed by atoms with E-state index in [9.17, 15) is 12.8 Å². The van der Waals surface area contributed by atoms with Crippen molar-refractivity contribution in [3.63, 3.8) is 0 Å². The average Bonchev–Trinajstić information content (AvgIpc) is 2.25. The summed E-state index contributed by atoms with van der Waals surface area (Å²) in [6, 6.07) is 5.92. The summed E-state index contributed by atoms with van der Waals surface area (Å²) in [6.45, 7) is -0.180. The standard InChI is InChI=1S/C10H15FN2O2S/c11-7-1-2-8-13-16(14,15)10-5-3-9(12)4-6-10/h3-6,13H,1-2,7-8,12H2. The molecule has 1 aromatic carbocycles. The molecule has 0 unspecified atom stereocenters. The van der Waals surface area contributed by atoms with E-state index in [4.69, 9.17) is 5.73 Å². The van der Waals surface area contributed by atoms with Crippen LogP contribution in [-0.2, 0) is 10.0 Å². The van der Waals surface area contributed by atoms with Crippen LogP contribution in [0.5, 0.6) is 0 Å². The van der Waals surface area contributed by atoms with Crippen molar-refractivity contribution in [2.24, 2.45) is 0 Å². The molecule has 0 saturated carbocycles. The Labute approximate surface area is 94.7 Å². The lowest BCUT2D eigenvalue weighted by Gasteiger charge is -2.06. The van der Waals surface area contributed by atoms with Gasteiger partial charge in [0.05, 0.1) is 11.6 Å². The normalized spacial score (nSPS) is 11.6. The third-order valence-corrected chi connectivity index (χ3v) is 3.52. The van der Waals surface area contributed by atoms with Gasteiger partial charge in [0.15, 0.2) is 0 Å². The van der Waals surface area contributed by atoms with Gasteiger partial charge in [-0.15, -0.1) is 0 Å². The number of rotatable bonds is 6. The Morgan fingerprint density at radius 1 is 1.19 bits per heavy atom. The molecule has 16 heavy (non-hydrogen) atoms. The molecule has 1 rings (SSSR count). The summed E-state index contributed by atoms with van der Waals surface area (Å²) in [5.41, 5.74) is 5.96. The Kier molecular flexibility index (Phi) is 4.70. The highest BCUT2D eigenvalue weighted by Crippen LogP contribution is 2.11. The molecule has 0 aliphatic heterocycles. The third-order valence-electron chi connectivity index (χ3n) is 2.04. The lowest BCUT2D eigenvalue weighted by molar-refractivity contribution is 0.460. The van der Waals surface area contributed by atoms with Crippen molar-refractivity contribution in [3.8, 4) is 0 Å². The molecule has 90 valence electrons. The maximum absolute atomic E-state index is 11.8. The highest BCUT2D eigenvalue weighted by atomic mass is 32.2. The Morgan fingerprint density at radius 3 is 2.38 bits per heavy atom. The first-order valence-corrected chi connectivity index (χ1v) is 6.46. The first-order chi connectivity index (χ1) is 7.56. The summed E-state index contributed by atoms with van der Waals surface area (Å²) in [6.07, 6.45) is 0.856. The van der Waals surface area contributed by atoms with Crippen LogP contribution in [-0.4, -0.2) is 21.6 Å². The zero-order chi connectivity index (χ0) is 12.0. The number of alkyl halides is 1. The van der Waals surface area contributed by atoms with Crippen molar-refractivity contribution in [3.05, 3.63) is 24.3 Å². The number of benzene rings is 1. The number of hydrogen-bond acceptors (Lipinski definition) is 3. The molecule has 1 aromatic rings. The summed E-state index contributed by atoms with van der Waals surface area (Å²) >= 11 is 0. The van der Waals surface area contributed by atoms with E-state index in [-0.39, 0.29) is 11.4 Å². The highest BCUT2D eigenvalue weighted by Gasteiger charge is 2.12. The molecule has 0 atom stereocenters. The van der Waals surface area contributed by atoms with Gasteiger partial charge < -0.3 is 5.73 Å². The van der Waals surface area contributed by atoms with E-state index in [2.05, 4.69) is 4.72 Å². The minimum atomic E-state index is -3.49. The first kappa shape index (κ1) is 12.9. The fraction of sp³-hybridized carbons (Fsp3) is 0.400. The number of hydrogen-bond donors (Lipinski definition) is 2. The monoisotopic (exact) mass is 246 g/mol. The Hall–Kier alpha value is -1.14. The van der Waals surface area contributed by atoms with E-state index >= 15 is 0 Å². The van der Waals surface area contributed by atoms with Gasteiger partial charge in [0.25, 0.3) is 0 Å². The van der Waals surface area contributed by atoms with Crippen LogP contribution in [0.1, 0.15) is 12.8 Å². The minimum Gasteiger partial charge on any atom is -0.399 e. The second kappa shape index (κ2) is 5.81. The Morgan fingerprint density at radius 2 is 1.81 bits per heavy atom. The van der Waals surface area contributed by atoms with Crippen molar-refractivity contribution in [1.29, 1.82) is 0 Å². The Bertz CT molecular complexity index is 417. The first-order valence-electron chi connectivity index (χ1n) is 4.97. The zero-order valence-electron chi connectivity index (χ0n) is 8.82. The number of nitrogen functional groups attached to an aromatic ring is 1. The summed E-state index contributed by atoms with van der Waals surface area (Å²) in [4.78, 5) is 0.168. The van der Waals surface area contributed by atoms with Gasteiger partial charge in [-0.2, -0.15) is 0 Å². The lowest BCUT2D eigenvalue weighted by atomic mass is 10.3. The van der Waals surface area contributed by atoms with Crippen molar-refractivity contribution >= 4 is 15.7 Å². The van der Waals surface area contributed by atoms with E-state index in [0.717, 1.165) is 0 Å². The maximum atomic E-state index is 11.8. The number of nitrogens with one attached hydrogen (secondary N) is 1. The number of unbranched alkanes of at least 4 members (excludes halogenated alkanes) is 1. The van der Waals surface area contributed by atoms with E-state index in [1.165, 1.54) is 24.3 Å². The second-order valence-corrected chi connectivity index (χ2v) is 5.13. The highest BCUT2D eigenvalue weighted by molar-refractivity contribution is 7.89. The third kappa shape index (κ3) is 3.79. The molecule has 0 fully saturated rings. The van der Waals surface area contributed by atoms with Gasteiger partial charge in [-0.1, -0.05) is 0 Å². The van der Waals surface area contributed by atoms with Crippen LogP contribution in [0.3, 0.4) is 0 Å². The quantitative estimate of drug-likeness (QED) is 0.587. The molecular weight excluding hydrogens is 231 g/mol. The van der Waals surface area contributed by atoms with Crippen LogP contribution in [0, 0.1) is 0 Å². The number of sulfonamides is 1. The van der Waals surface area contributed by atoms with Crippen molar-refractivity contribution < 1.29 is 12.8 Å². The van der Waals surface area contributed by atoms with Gasteiger partial charge in [-0.3, -0.25) is 4.39 Å². The summed E-state index contributed by atoms with van der Waals surface area (Å²) < 4.78 is 37.5. The molecule has 6 heteroatoms. The smallest absolute Gasteiger partial charge is 0.240 e. The van der Waals surface area contributed by atoms with Crippen LogP contribution >= 0.6 is 0 Å². The maximum Gasteiger partial charge on any atom is 0.240 e. The van der Waals surface area contributed by atoms with Crippen LogP contribution in [0.15, 0.2) is 29.2 Å². The van der Waals surface area contributed by atoms with Crippen molar-refractivity contribution in [2.45, 2.75) is 17.7 Å². The molecule has 0 radical (unpaired) electrons. The van der Waals surface area contributed by atoms with E-state index in [0.29, 0.717) is 18.5 Å². The molecule has 0 aliphatic rings. The average molecular weight is 246 g/mol. The predicted molar refractivity (Wildman–Crippen MR) is 61.3 cm³/mol. The summed E-state index contributed by atoms with van der Waals surface area (Å²) in [7, 11) is -3.49. The van der Waals surface area contributed by atoms with Crippen molar-refractivity contribution in [2.75, 3.05) is 19.0 Å². The van der Waals surface area contributed by atoms with Crippen LogP contribution < -0.4 is 10.5 Å². The van der Waals surface area contributed by atoms with Crippen molar-refractivity contribution in [1.82, 2.24) is 4.72 Å². The fourth-order valence-electron chi connectivity index (χ4n) is 1.16. The molecule has 0 heterocycles. The molecule has 0 aliphatic carbocycles. The SMILES string of the molecule is Nc1ccc(S(=O)(=O)NCCCCF)cc1. The van der Waals surface area contributed by atoms with E-state index in [1.807, 2.05) is 0 Å². The Balaban J connectivity index is 2.60. The fourth-order valence-corrected chi connectivity index (χ4v) is 2.23. The van der Waals surface area contributed by atoms with Crippen LogP contribution in [0.25, 0.3) is 0 Å². The summed E-state index contributed by atoms with van der Waals surface area (Å²) in [5.74, 6) is 0. The lowest BCUT2D eigenvalue weighted by Crippen LogP contribution is -2.24. The van der Waals surface area contributed by atoms with Gasteiger partial charge in [-0.05, 0) is 37.1 Å². The molecule has 4 nitrogen and oxygen atoms in total. The van der Waals surface area contributed by atoms with Crippen LogP contribution in [0.2, 0.25) is 0 Å². The van der Waals surface area contributed by atoms with E-state index < -0.39 is 16.7 Å². The van der Waals surface area contributed by atoms with Gasteiger partial charge in [-0.25, -0.2) is 13.1 Å². The van der Waals surface area contributed by atoms with Gasteiger partial charge in [0.1, 0.15) is 0 Å². The second-order valence-electron chi connectivity index (χ2n) is 3.36. The molecular formula is C10H15FN2O2S. The van der Waals surface area contributed by atoms with E-state index in [1.54, 1.807) is 0 Å². The number of anilines is 1. The molecule has 3 N–H and O–H groups in total. The topological polar surface area (TPSA) is 72.2 Å². The molecule has 0 spiro atoms. The summed E-state index contributed by atoms with van der Waals surface area (Å²) in [5, 5.41) is 0. The molecule has 0 saturated heterocycles.